The Bertz CT molecular complexity index is 1010. The number of hydrogen-bond donors (Lipinski definition) is 2. The average Bonchev–Trinajstić information content (AvgIpc) is 3.26. The third-order valence-electron chi connectivity index (χ3n) is 6.22. The van der Waals surface area contributed by atoms with Crippen molar-refractivity contribution in [2.24, 2.45) is 4.99 Å². The minimum absolute atomic E-state index is 0. The van der Waals surface area contributed by atoms with Crippen LogP contribution in [0.25, 0.3) is 0 Å². The molecule has 4 rings (SSSR count). The number of nitrogens with zero attached hydrogens (tertiary/aromatic N) is 4. The van der Waals surface area contributed by atoms with E-state index in [-0.39, 0.29) is 24.0 Å². The number of aromatic nitrogens is 2. The number of guanidine groups is 1. The predicted octanol–water partition coefficient (Wildman–Crippen LogP) is 4.19. The molecule has 2 aromatic carbocycles. The van der Waals surface area contributed by atoms with E-state index in [2.05, 4.69) is 85.5 Å². The lowest BCUT2D eigenvalue weighted by Crippen LogP contribution is -2.48. The zero-order valence-electron chi connectivity index (χ0n) is 19.6. The normalized spacial score (nSPS) is 15.2. The second kappa shape index (κ2) is 12.7. The maximum atomic E-state index is 4.53. The molecule has 3 aromatic rings. The zero-order valence-corrected chi connectivity index (χ0v) is 21.9. The fraction of sp³-hybridized carbons (Fsp3) is 0.385. The van der Waals surface area contributed by atoms with Crippen molar-refractivity contribution in [2.45, 2.75) is 45.4 Å². The minimum atomic E-state index is 0. The Labute approximate surface area is 214 Å². The first-order valence-electron chi connectivity index (χ1n) is 11.5. The SMILES string of the molecule is CN=C(NCc1nccn1Cc1ccccc1)NC1CCN(Cc2ccccc2C)CC1.I. The van der Waals surface area contributed by atoms with Crippen LogP contribution in [0.15, 0.2) is 72.0 Å². The van der Waals surface area contributed by atoms with Gasteiger partial charge in [0.2, 0.25) is 0 Å². The van der Waals surface area contributed by atoms with Gasteiger partial charge in [-0.05, 0) is 36.5 Å². The Balaban J connectivity index is 0.00000306. The lowest BCUT2D eigenvalue weighted by atomic mass is 10.0. The van der Waals surface area contributed by atoms with Crippen LogP contribution in [0.3, 0.4) is 0 Å². The van der Waals surface area contributed by atoms with Crippen LogP contribution >= 0.6 is 24.0 Å². The van der Waals surface area contributed by atoms with Crippen LogP contribution < -0.4 is 10.6 Å². The molecule has 1 aromatic heterocycles. The number of piperidine rings is 1. The van der Waals surface area contributed by atoms with Gasteiger partial charge in [0.15, 0.2) is 5.96 Å². The molecule has 0 amide bonds. The van der Waals surface area contributed by atoms with E-state index in [1.807, 2.05) is 25.5 Å². The molecule has 1 fully saturated rings. The highest BCUT2D eigenvalue weighted by atomic mass is 127. The van der Waals surface area contributed by atoms with Crippen LogP contribution in [0.4, 0.5) is 0 Å². The number of imidazole rings is 1. The molecule has 33 heavy (non-hydrogen) atoms. The Morgan fingerprint density at radius 3 is 2.48 bits per heavy atom. The van der Waals surface area contributed by atoms with Crippen molar-refractivity contribution in [2.75, 3.05) is 20.1 Å². The molecular formula is C26H35IN6. The van der Waals surface area contributed by atoms with E-state index in [0.717, 1.165) is 50.8 Å². The first-order chi connectivity index (χ1) is 15.7. The van der Waals surface area contributed by atoms with Gasteiger partial charge in [0, 0.05) is 51.7 Å². The van der Waals surface area contributed by atoms with Gasteiger partial charge in [0.25, 0.3) is 0 Å². The number of hydrogen-bond acceptors (Lipinski definition) is 3. The molecule has 2 N–H and O–H groups in total. The summed E-state index contributed by atoms with van der Waals surface area (Å²) in [5.74, 6) is 1.85. The largest absolute Gasteiger partial charge is 0.354 e. The molecule has 2 heterocycles. The van der Waals surface area contributed by atoms with Crippen molar-refractivity contribution in [3.8, 4) is 0 Å². The predicted molar refractivity (Wildman–Crippen MR) is 146 cm³/mol. The van der Waals surface area contributed by atoms with Crippen LogP contribution in [-0.2, 0) is 19.6 Å². The first kappa shape index (κ1) is 25.2. The highest BCUT2D eigenvalue weighted by Crippen LogP contribution is 2.16. The zero-order chi connectivity index (χ0) is 22.2. The Kier molecular flexibility index (Phi) is 9.75. The molecule has 6 nitrogen and oxygen atoms in total. The monoisotopic (exact) mass is 558 g/mol. The van der Waals surface area contributed by atoms with E-state index >= 15 is 0 Å². The summed E-state index contributed by atoms with van der Waals surface area (Å²) in [6.45, 7) is 6.91. The van der Waals surface area contributed by atoms with Gasteiger partial charge in [-0.25, -0.2) is 4.98 Å². The highest BCUT2D eigenvalue weighted by molar-refractivity contribution is 14.0. The van der Waals surface area contributed by atoms with E-state index in [4.69, 9.17) is 0 Å². The standard InChI is InChI=1S/C26H34N6.HI/c1-21-8-6-7-11-23(21)20-31-15-12-24(13-16-31)30-26(27-2)29-18-25-28-14-17-32(25)19-22-9-4-3-5-10-22;/h3-11,14,17,24H,12-13,15-16,18-20H2,1-2H3,(H2,27,29,30);1H. The molecule has 1 aliphatic heterocycles. The third kappa shape index (κ3) is 7.30. The van der Waals surface area contributed by atoms with E-state index < -0.39 is 0 Å². The summed E-state index contributed by atoms with van der Waals surface area (Å²) >= 11 is 0. The molecule has 0 aliphatic carbocycles. The van der Waals surface area contributed by atoms with Crippen LogP contribution in [0.2, 0.25) is 0 Å². The summed E-state index contributed by atoms with van der Waals surface area (Å²) in [6, 6.07) is 19.6. The molecule has 0 saturated carbocycles. The quantitative estimate of drug-likeness (QED) is 0.260. The number of nitrogens with one attached hydrogen (secondary N) is 2. The maximum absolute atomic E-state index is 4.53. The van der Waals surface area contributed by atoms with E-state index in [1.165, 1.54) is 16.7 Å². The number of benzene rings is 2. The van der Waals surface area contributed by atoms with Crippen molar-refractivity contribution in [3.05, 3.63) is 89.5 Å². The van der Waals surface area contributed by atoms with Crippen LogP contribution in [0, 0.1) is 6.92 Å². The van der Waals surface area contributed by atoms with Gasteiger partial charge in [-0.15, -0.1) is 24.0 Å². The lowest BCUT2D eigenvalue weighted by molar-refractivity contribution is 0.198. The summed E-state index contributed by atoms with van der Waals surface area (Å²) < 4.78 is 2.18. The molecule has 0 unspecified atom stereocenters. The van der Waals surface area contributed by atoms with Gasteiger partial charge in [0.05, 0.1) is 6.54 Å². The summed E-state index contributed by atoms with van der Waals surface area (Å²) in [5, 5.41) is 7.05. The Hall–Kier alpha value is -2.39. The number of halogens is 1. The second-order valence-electron chi connectivity index (χ2n) is 8.50. The van der Waals surface area contributed by atoms with Crippen molar-refractivity contribution in [1.82, 2.24) is 25.1 Å². The van der Waals surface area contributed by atoms with Gasteiger partial charge in [0.1, 0.15) is 5.82 Å². The number of likely N-dealkylation sites (tertiary alicyclic amines) is 1. The van der Waals surface area contributed by atoms with E-state index in [1.54, 1.807) is 0 Å². The molecule has 0 bridgehead atoms. The summed E-state index contributed by atoms with van der Waals surface area (Å²) in [6.07, 6.45) is 6.13. The average molecular weight is 559 g/mol. The second-order valence-corrected chi connectivity index (χ2v) is 8.50. The summed E-state index contributed by atoms with van der Waals surface area (Å²) in [5.41, 5.74) is 4.08. The van der Waals surface area contributed by atoms with Gasteiger partial charge in [-0.1, -0.05) is 54.6 Å². The van der Waals surface area contributed by atoms with Crippen molar-refractivity contribution in [3.63, 3.8) is 0 Å². The number of aryl methyl sites for hydroxylation is 1. The van der Waals surface area contributed by atoms with Gasteiger partial charge >= 0.3 is 0 Å². The van der Waals surface area contributed by atoms with E-state index in [9.17, 15) is 0 Å². The van der Waals surface area contributed by atoms with Crippen LogP contribution in [0.1, 0.15) is 35.4 Å². The van der Waals surface area contributed by atoms with Crippen molar-refractivity contribution < 1.29 is 0 Å². The number of aliphatic imine (C=N–C) groups is 1. The van der Waals surface area contributed by atoms with Crippen LogP contribution in [-0.4, -0.2) is 46.6 Å². The lowest BCUT2D eigenvalue weighted by Gasteiger charge is -2.33. The molecule has 0 spiro atoms. The summed E-state index contributed by atoms with van der Waals surface area (Å²) in [7, 11) is 1.83. The Morgan fingerprint density at radius 1 is 1.03 bits per heavy atom. The fourth-order valence-electron chi connectivity index (χ4n) is 4.25. The first-order valence-corrected chi connectivity index (χ1v) is 11.5. The molecular weight excluding hydrogens is 523 g/mol. The molecule has 7 heteroatoms. The smallest absolute Gasteiger partial charge is 0.191 e. The third-order valence-corrected chi connectivity index (χ3v) is 6.22. The summed E-state index contributed by atoms with van der Waals surface area (Å²) in [4.78, 5) is 11.5. The van der Waals surface area contributed by atoms with Gasteiger partial charge in [-0.2, -0.15) is 0 Å². The van der Waals surface area contributed by atoms with E-state index in [0.29, 0.717) is 12.6 Å². The topological polar surface area (TPSA) is 57.5 Å². The minimum Gasteiger partial charge on any atom is -0.354 e. The molecule has 1 aliphatic rings. The Morgan fingerprint density at radius 2 is 1.76 bits per heavy atom. The number of rotatable bonds is 7. The molecule has 176 valence electrons. The van der Waals surface area contributed by atoms with Crippen LogP contribution in [0.5, 0.6) is 0 Å². The van der Waals surface area contributed by atoms with Gasteiger partial charge in [-0.3, -0.25) is 9.89 Å². The van der Waals surface area contributed by atoms with Crippen molar-refractivity contribution in [1.29, 1.82) is 0 Å². The molecule has 1 saturated heterocycles. The molecule has 0 atom stereocenters. The molecule has 0 radical (unpaired) electrons. The maximum Gasteiger partial charge on any atom is 0.191 e. The van der Waals surface area contributed by atoms with Gasteiger partial charge < -0.3 is 15.2 Å². The van der Waals surface area contributed by atoms with Crippen molar-refractivity contribution >= 4 is 29.9 Å². The highest BCUT2D eigenvalue weighted by Gasteiger charge is 2.20. The fourth-order valence-corrected chi connectivity index (χ4v) is 4.25.